The van der Waals surface area contributed by atoms with Gasteiger partial charge in [-0.1, -0.05) is 0 Å². The zero-order valence-corrected chi connectivity index (χ0v) is 20.5. The van der Waals surface area contributed by atoms with Crippen molar-refractivity contribution in [3.8, 4) is 0 Å². The lowest BCUT2D eigenvalue weighted by Crippen LogP contribution is -2.54. The molecule has 0 unspecified atom stereocenters. The Kier molecular flexibility index (Phi) is 12.7. The van der Waals surface area contributed by atoms with E-state index in [4.69, 9.17) is 34.0 Å². The van der Waals surface area contributed by atoms with Crippen molar-refractivity contribution < 1.29 is 65.1 Å². The fourth-order valence-corrected chi connectivity index (χ4v) is 4.00. The van der Waals surface area contributed by atoms with Crippen molar-refractivity contribution in [2.75, 3.05) is 26.9 Å². The summed E-state index contributed by atoms with van der Waals surface area (Å²) in [5, 5.41) is 17.3. The molecule has 1 saturated heterocycles. The largest absolute Gasteiger partial charge is 0.490 e. The van der Waals surface area contributed by atoms with Gasteiger partial charge in [0.1, 0.15) is 6.10 Å². The van der Waals surface area contributed by atoms with E-state index in [1.54, 1.807) is 18.4 Å². The first kappa shape index (κ1) is 32.5. The number of nitrogens with zero attached hydrogens (tertiary/aromatic N) is 2. The van der Waals surface area contributed by atoms with Gasteiger partial charge in [-0.25, -0.2) is 14.6 Å². The van der Waals surface area contributed by atoms with Crippen molar-refractivity contribution in [2.45, 2.75) is 63.4 Å². The number of methoxy groups -OCH3 is 1. The van der Waals surface area contributed by atoms with Crippen molar-refractivity contribution in [2.24, 2.45) is 0 Å². The van der Waals surface area contributed by atoms with Crippen LogP contribution in [-0.2, 0) is 35.2 Å². The van der Waals surface area contributed by atoms with Crippen LogP contribution in [0.15, 0.2) is 5.38 Å². The van der Waals surface area contributed by atoms with Crippen molar-refractivity contribution in [1.82, 2.24) is 9.88 Å². The van der Waals surface area contributed by atoms with Gasteiger partial charge >= 0.3 is 24.3 Å². The lowest BCUT2D eigenvalue weighted by Gasteiger charge is -2.39. The summed E-state index contributed by atoms with van der Waals surface area (Å²) in [6.45, 7) is 4.22. The average Bonchev–Trinajstić information content (AvgIpc) is 3.41. The molecule has 1 aliphatic carbocycles. The highest BCUT2D eigenvalue weighted by Gasteiger charge is 2.45. The van der Waals surface area contributed by atoms with Gasteiger partial charge in [0.25, 0.3) is 0 Å². The molecule has 0 spiro atoms. The monoisotopic (exact) mass is 568 g/mol. The van der Waals surface area contributed by atoms with E-state index >= 15 is 0 Å². The van der Waals surface area contributed by atoms with E-state index in [2.05, 4.69) is 4.98 Å². The topological polar surface area (TPSA) is 135 Å². The molecule has 0 bridgehead atoms. The SMILES string of the molecule is COCCC(=O)N1CCO[C@H]2[C@H](OCc3csc(C)n3)CC[C@@H]21.O=C(O)C(F)(F)F.O=C(O)C(F)(F)F. The molecule has 1 saturated carbocycles. The standard InChI is InChI=1S/C16H24N2O4S.2C2HF3O2/c1-11-17-12(10-23-11)9-22-14-4-3-13-16(14)21-8-6-18(13)15(19)5-7-20-2;2*3-2(4,5)1(6)7/h10,13-14,16H,3-9H2,1-2H3;2*(H,6,7)/t13-,14+,16+;;/m0../s1. The van der Waals surface area contributed by atoms with E-state index < -0.39 is 24.3 Å². The molecular formula is C20H26F6N2O8S. The van der Waals surface area contributed by atoms with Crippen LogP contribution in [0, 0.1) is 6.92 Å². The highest BCUT2D eigenvalue weighted by molar-refractivity contribution is 7.09. The Balaban J connectivity index is 0.000000404. The first-order valence-corrected chi connectivity index (χ1v) is 11.5. The molecule has 17 heteroatoms. The van der Waals surface area contributed by atoms with Gasteiger partial charge in [-0.05, 0) is 19.8 Å². The summed E-state index contributed by atoms with van der Waals surface area (Å²) in [5.41, 5.74) is 0.972. The molecular weight excluding hydrogens is 542 g/mol. The zero-order chi connectivity index (χ0) is 28.4. The molecule has 1 aliphatic heterocycles. The highest BCUT2D eigenvalue weighted by atomic mass is 32.1. The quantitative estimate of drug-likeness (QED) is 0.497. The Morgan fingerprint density at radius 2 is 1.70 bits per heavy atom. The molecule has 10 nitrogen and oxygen atoms in total. The molecule has 1 aromatic heterocycles. The molecule has 0 aromatic carbocycles. The predicted molar refractivity (Wildman–Crippen MR) is 114 cm³/mol. The number of aryl methyl sites for hydroxylation is 1. The summed E-state index contributed by atoms with van der Waals surface area (Å²) in [5.74, 6) is -5.36. The van der Waals surface area contributed by atoms with E-state index in [1.165, 1.54) is 0 Å². The van der Waals surface area contributed by atoms with E-state index in [1.807, 2.05) is 17.2 Å². The number of hydrogen-bond acceptors (Lipinski definition) is 8. The maximum Gasteiger partial charge on any atom is 0.490 e. The number of morpholine rings is 1. The van der Waals surface area contributed by atoms with Gasteiger partial charge < -0.3 is 29.3 Å². The minimum Gasteiger partial charge on any atom is -0.475 e. The van der Waals surface area contributed by atoms with E-state index in [9.17, 15) is 31.1 Å². The third-order valence-corrected chi connectivity index (χ3v) is 5.80. The zero-order valence-electron chi connectivity index (χ0n) is 19.7. The summed E-state index contributed by atoms with van der Waals surface area (Å²) < 4.78 is 80.5. The molecule has 2 fully saturated rings. The molecule has 2 aliphatic rings. The van der Waals surface area contributed by atoms with Gasteiger partial charge in [0.15, 0.2) is 0 Å². The third-order valence-electron chi connectivity index (χ3n) is 4.97. The molecule has 1 amide bonds. The van der Waals surface area contributed by atoms with Crippen molar-refractivity contribution >= 4 is 29.2 Å². The second kappa shape index (κ2) is 14.4. The van der Waals surface area contributed by atoms with Gasteiger partial charge in [0, 0.05) is 19.0 Å². The Labute approximate surface area is 211 Å². The number of alkyl halides is 6. The summed E-state index contributed by atoms with van der Waals surface area (Å²) in [7, 11) is 1.62. The molecule has 37 heavy (non-hydrogen) atoms. The summed E-state index contributed by atoms with van der Waals surface area (Å²) >= 11 is 1.63. The van der Waals surface area contributed by atoms with E-state index in [0.29, 0.717) is 32.8 Å². The van der Waals surface area contributed by atoms with Crippen molar-refractivity contribution in [1.29, 1.82) is 0 Å². The minimum absolute atomic E-state index is 0.0185. The van der Waals surface area contributed by atoms with Gasteiger partial charge in [-0.15, -0.1) is 11.3 Å². The van der Waals surface area contributed by atoms with Crippen LogP contribution >= 0.6 is 11.3 Å². The molecule has 2 N–H and O–H groups in total. The number of carboxylic acid groups (broad SMARTS) is 2. The number of amides is 1. The van der Waals surface area contributed by atoms with Crippen LogP contribution in [0.1, 0.15) is 30.0 Å². The van der Waals surface area contributed by atoms with E-state index in [0.717, 1.165) is 23.5 Å². The second-order valence-electron chi connectivity index (χ2n) is 7.62. The maximum absolute atomic E-state index is 12.3. The lowest BCUT2D eigenvalue weighted by atomic mass is 10.1. The third kappa shape index (κ3) is 11.2. The van der Waals surface area contributed by atoms with Crippen LogP contribution in [0.3, 0.4) is 0 Å². The predicted octanol–water partition coefficient (Wildman–Crippen LogP) is 3.03. The number of thiazole rings is 1. The summed E-state index contributed by atoms with van der Waals surface area (Å²) in [4.78, 5) is 36.5. The molecule has 3 rings (SSSR count). The number of carbonyl (C=O) groups excluding carboxylic acids is 1. The fraction of sp³-hybridized carbons (Fsp3) is 0.700. The Morgan fingerprint density at radius 3 is 2.16 bits per heavy atom. The number of ether oxygens (including phenoxy) is 3. The highest BCUT2D eigenvalue weighted by Crippen LogP contribution is 2.33. The first-order valence-electron chi connectivity index (χ1n) is 10.6. The van der Waals surface area contributed by atoms with Gasteiger partial charge in [-0.3, -0.25) is 4.79 Å². The smallest absolute Gasteiger partial charge is 0.475 e. The van der Waals surface area contributed by atoms with Crippen molar-refractivity contribution in [3.63, 3.8) is 0 Å². The normalized spacial score (nSPS) is 21.2. The Bertz CT molecular complexity index is 871. The lowest BCUT2D eigenvalue weighted by molar-refractivity contribution is -0.193. The fourth-order valence-electron chi connectivity index (χ4n) is 3.40. The number of aromatic nitrogens is 1. The number of aliphatic carboxylic acids is 2. The van der Waals surface area contributed by atoms with Crippen LogP contribution in [0.4, 0.5) is 26.3 Å². The minimum atomic E-state index is -5.08. The van der Waals surface area contributed by atoms with Crippen LogP contribution in [0.25, 0.3) is 0 Å². The van der Waals surface area contributed by atoms with Crippen molar-refractivity contribution in [3.05, 3.63) is 16.1 Å². The van der Waals surface area contributed by atoms with Gasteiger partial charge in [0.2, 0.25) is 5.91 Å². The molecule has 212 valence electrons. The van der Waals surface area contributed by atoms with Crippen LogP contribution in [0.2, 0.25) is 0 Å². The van der Waals surface area contributed by atoms with Gasteiger partial charge in [-0.2, -0.15) is 26.3 Å². The number of halogens is 6. The average molecular weight is 568 g/mol. The number of fused-ring (bicyclic) bond motifs is 1. The number of hydrogen-bond donors (Lipinski definition) is 2. The number of carboxylic acids is 2. The molecule has 2 heterocycles. The number of rotatable bonds is 6. The molecule has 3 atom stereocenters. The first-order chi connectivity index (χ1) is 17.1. The van der Waals surface area contributed by atoms with E-state index in [-0.39, 0.29) is 24.2 Å². The molecule has 1 aromatic rings. The summed E-state index contributed by atoms with van der Waals surface area (Å²) in [6, 6.07) is 0.135. The second-order valence-corrected chi connectivity index (χ2v) is 8.69. The molecule has 0 radical (unpaired) electrons. The Morgan fingerprint density at radius 1 is 1.14 bits per heavy atom. The van der Waals surface area contributed by atoms with Crippen LogP contribution < -0.4 is 0 Å². The maximum atomic E-state index is 12.3. The summed E-state index contributed by atoms with van der Waals surface area (Å²) in [6.07, 6.45) is -7.85. The Hall–Kier alpha value is -2.50. The van der Waals surface area contributed by atoms with Gasteiger partial charge in [0.05, 0.1) is 49.1 Å². The number of carbonyl (C=O) groups is 3. The van der Waals surface area contributed by atoms with Crippen LogP contribution in [0.5, 0.6) is 0 Å². The van der Waals surface area contributed by atoms with Crippen LogP contribution in [-0.4, -0.2) is 95.4 Å².